The number of anilines is 1. The van der Waals surface area contributed by atoms with Crippen LogP contribution in [0.5, 0.6) is 0 Å². The Bertz CT molecular complexity index is 432. The number of rotatable bonds is 0. The van der Waals surface area contributed by atoms with E-state index in [-0.39, 0.29) is 11.3 Å². The van der Waals surface area contributed by atoms with Gasteiger partial charge in [-0.1, -0.05) is 24.1 Å². The molecular weight excluding hydrogens is 186 g/mol. The van der Waals surface area contributed by atoms with E-state index in [0.717, 1.165) is 5.69 Å². The molecule has 1 heterocycles. The van der Waals surface area contributed by atoms with Crippen LogP contribution < -0.4 is 5.32 Å². The molecule has 0 bridgehead atoms. The van der Waals surface area contributed by atoms with Crippen LogP contribution >= 0.6 is 0 Å². The highest BCUT2D eigenvalue weighted by Gasteiger charge is 2.44. The number of aryl methyl sites for hydroxylation is 1. The fourth-order valence-corrected chi connectivity index (χ4v) is 2.85. The number of fused-ring (bicyclic) bond motifs is 2. The first-order chi connectivity index (χ1) is 7.20. The molecule has 0 saturated heterocycles. The van der Waals surface area contributed by atoms with E-state index in [4.69, 9.17) is 0 Å². The minimum Gasteiger partial charge on any atom is -0.326 e. The van der Waals surface area contributed by atoms with Crippen molar-refractivity contribution < 1.29 is 4.79 Å². The van der Waals surface area contributed by atoms with E-state index < -0.39 is 0 Å². The molecule has 2 heteroatoms. The first-order valence-electron chi connectivity index (χ1n) is 5.61. The third-order valence-corrected chi connectivity index (χ3v) is 3.83. The SMILES string of the molecule is Cc1ccc2c(c1)C1(CCC1)CC(=O)N2. The van der Waals surface area contributed by atoms with Gasteiger partial charge in [-0.05, 0) is 31.4 Å². The first kappa shape index (κ1) is 8.96. The van der Waals surface area contributed by atoms with Gasteiger partial charge >= 0.3 is 0 Å². The molecule has 0 unspecified atom stereocenters. The largest absolute Gasteiger partial charge is 0.326 e. The van der Waals surface area contributed by atoms with E-state index in [1.807, 2.05) is 6.07 Å². The monoisotopic (exact) mass is 201 g/mol. The van der Waals surface area contributed by atoms with E-state index in [1.165, 1.54) is 30.4 Å². The van der Waals surface area contributed by atoms with E-state index in [2.05, 4.69) is 24.4 Å². The van der Waals surface area contributed by atoms with E-state index in [0.29, 0.717) is 6.42 Å². The van der Waals surface area contributed by atoms with Crippen LogP contribution in [0.4, 0.5) is 5.69 Å². The topological polar surface area (TPSA) is 29.1 Å². The van der Waals surface area contributed by atoms with E-state index >= 15 is 0 Å². The summed E-state index contributed by atoms with van der Waals surface area (Å²) >= 11 is 0. The number of carbonyl (C=O) groups excluding carboxylic acids is 1. The average Bonchev–Trinajstić information content (AvgIpc) is 2.15. The van der Waals surface area contributed by atoms with Crippen molar-refractivity contribution >= 4 is 11.6 Å². The predicted molar refractivity (Wildman–Crippen MR) is 60.0 cm³/mol. The zero-order valence-electron chi connectivity index (χ0n) is 8.97. The van der Waals surface area contributed by atoms with Gasteiger partial charge in [0.15, 0.2) is 0 Å². The predicted octanol–water partition coefficient (Wildman–Crippen LogP) is 2.76. The zero-order chi connectivity index (χ0) is 10.5. The lowest BCUT2D eigenvalue weighted by molar-refractivity contribution is -0.118. The summed E-state index contributed by atoms with van der Waals surface area (Å²) in [5.74, 6) is 0.186. The summed E-state index contributed by atoms with van der Waals surface area (Å²) in [5, 5.41) is 2.97. The molecule has 1 N–H and O–H groups in total. The van der Waals surface area contributed by atoms with Crippen molar-refractivity contribution in [3.8, 4) is 0 Å². The highest BCUT2D eigenvalue weighted by molar-refractivity contribution is 5.95. The number of hydrogen-bond donors (Lipinski definition) is 1. The maximum Gasteiger partial charge on any atom is 0.225 e. The van der Waals surface area contributed by atoms with Gasteiger partial charge in [-0.3, -0.25) is 4.79 Å². The Morgan fingerprint density at radius 2 is 2.13 bits per heavy atom. The molecule has 1 aliphatic carbocycles. The smallest absolute Gasteiger partial charge is 0.225 e. The molecule has 1 spiro atoms. The van der Waals surface area contributed by atoms with Crippen LogP contribution in [0.2, 0.25) is 0 Å². The molecule has 78 valence electrons. The van der Waals surface area contributed by atoms with Gasteiger partial charge in [0.25, 0.3) is 0 Å². The Labute approximate surface area is 89.7 Å². The molecule has 2 nitrogen and oxygen atoms in total. The number of amides is 1. The van der Waals surface area contributed by atoms with Gasteiger partial charge in [-0.25, -0.2) is 0 Å². The maximum atomic E-state index is 11.6. The molecule has 0 aromatic heterocycles. The van der Waals surface area contributed by atoms with Crippen molar-refractivity contribution in [2.75, 3.05) is 5.32 Å². The van der Waals surface area contributed by atoms with Crippen LogP contribution in [0.15, 0.2) is 18.2 Å². The van der Waals surface area contributed by atoms with Crippen molar-refractivity contribution in [2.24, 2.45) is 0 Å². The van der Waals surface area contributed by atoms with Crippen molar-refractivity contribution in [1.29, 1.82) is 0 Å². The molecule has 1 aliphatic heterocycles. The second kappa shape index (κ2) is 2.84. The van der Waals surface area contributed by atoms with Gasteiger partial charge in [0, 0.05) is 17.5 Å². The molecule has 0 radical (unpaired) electrons. The van der Waals surface area contributed by atoms with E-state index in [1.54, 1.807) is 0 Å². The van der Waals surface area contributed by atoms with Crippen molar-refractivity contribution in [2.45, 2.75) is 38.0 Å². The number of nitrogens with one attached hydrogen (secondary N) is 1. The molecule has 1 aromatic rings. The summed E-state index contributed by atoms with van der Waals surface area (Å²) in [6, 6.07) is 6.35. The maximum absolute atomic E-state index is 11.6. The lowest BCUT2D eigenvalue weighted by Crippen LogP contribution is -2.42. The summed E-state index contributed by atoms with van der Waals surface area (Å²) in [4.78, 5) is 11.6. The zero-order valence-corrected chi connectivity index (χ0v) is 8.97. The molecule has 0 atom stereocenters. The Morgan fingerprint density at radius 1 is 1.33 bits per heavy atom. The van der Waals surface area contributed by atoms with Crippen LogP contribution in [-0.4, -0.2) is 5.91 Å². The van der Waals surface area contributed by atoms with Gasteiger partial charge < -0.3 is 5.32 Å². The van der Waals surface area contributed by atoms with E-state index in [9.17, 15) is 4.79 Å². The third-order valence-electron chi connectivity index (χ3n) is 3.83. The minimum atomic E-state index is 0.184. The molecule has 1 amide bonds. The standard InChI is InChI=1S/C13H15NO/c1-9-3-4-11-10(7-9)13(5-2-6-13)8-12(15)14-11/h3-4,7H,2,5-6,8H2,1H3,(H,14,15). The molecule has 1 fully saturated rings. The van der Waals surface area contributed by atoms with Crippen LogP contribution in [-0.2, 0) is 10.2 Å². The summed E-state index contributed by atoms with van der Waals surface area (Å²) in [6.45, 7) is 2.11. The fraction of sp³-hybridized carbons (Fsp3) is 0.462. The Hall–Kier alpha value is -1.31. The van der Waals surface area contributed by atoms with Gasteiger partial charge in [-0.2, -0.15) is 0 Å². The van der Waals surface area contributed by atoms with Crippen LogP contribution in [0, 0.1) is 6.92 Å². The Balaban J connectivity index is 2.15. The van der Waals surface area contributed by atoms with Crippen molar-refractivity contribution in [3.63, 3.8) is 0 Å². The Morgan fingerprint density at radius 3 is 2.80 bits per heavy atom. The summed E-state index contributed by atoms with van der Waals surface area (Å²) in [7, 11) is 0. The van der Waals surface area contributed by atoms with Crippen LogP contribution in [0.1, 0.15) is 36.8 Å². The second-order valence-electron chi connectivity index (χ2n) is 4.91. The molecule has 2 aliphatic rings. The number of hydrogen-bond acceptors (Lipinski definition) is 1. The van der Waals surface area contributed by atoms with Gasteiger partial charge in [-0.15, -0.1) is 0 Å². The first-order valence-corrected chi connectivity index (χ1v) is 5.61. The minimum absolute atomic E-state index is 0.184. The lowest BCUT2D eigenvalue weighted by atomic mass is 9.60. The molecule has 3 rings (SSSR count). The summed E-state index contributed by atoms with van der Waals surface area (Å²) < 4.78 is 0. The summed E-state index contributed by atoms with van der Waals surface area (Å²) in [6.07, 6.45) is 4.30. The Kier molecular flexibility index (Phi) is 1.70. The fourth-order valence-electron chi connectivity index (χ4n) is 2.85. The number of carbonyl (C=O) groups is 1. The van der Waals surface area contributed by atoms with Gasteiger partial charge in [0.1, 0.15) is 0 Å². The van der Waals surface area contributed by atoms with Gasteiger partial charge in [0.05, 0.1) is 0 Å². The molecule has 1 aromatic carbocycles. The molecule has 1 saturated carbocycles. The highest BCUT2D eigenvalue weighted by Crippen LogP contribution is 2.51. The summed E-state index contributed by atoms with van der Waals surface area (Å²) in [5.41, 5.74) is 3.88. The lowest BCUT2D eigenvalue weighted by Gasteiger charge is -2.45. The number of benzene rings is 1. The quantitative estimate of drug-likeness (QED) is 0.687. The van der Waals surface area contributed by atoms with Crippen molar-refractivity contribution in [3.05, 3.63) is 29.3 Å². The van der Waals surface area contributed by atoms with Crippen LogP contribution in [0.25, 0.3) is 0 Å². The van der Waals surface area contributed by atoms with Crippen molar-refractivity contribution in [1.82, 2.24) is 0 Å². The second-order valence-corrected chi connectivity index (χ2v) is 4.91. The normalized spacial score (nSPS) is 21.8. The highest BCUT2D eigenvalue weighted by atomic mass is 16.1. The third kappa shape index (κ3) is 1.21. The molecule has 15 heavy (non-hydrogen) atoms. The van der Waals surface area contributed by atoms with Crippen LogP contribution in [0.3, 0.4) is 0 Å². The average molecular weight is 201 g/mol. The molecular formula is C13H15NO. The van der Waals surface area contributed by atoms with Gasteiger partial charge in [0.2, 0.25) is 5.91 Å².